The van der Waals surface area contributed by atoms with Crippen molar-refractivity contribution in [2.75, 3.05) is 20.2 Å². The van der Waals surface area contributed by atoms with Crippen LogP contribution in [0.15, 0.2) is 11.8 Å². The van der Waals surface area contributed by atoms with Gasteiger partial charge in [0.15, 0.2) is 0 Å². The van der Waals surface area contributed by atoms with Crippen LogP contribution in [0.25, 0.3) is 0 Å². The first-order valence-electron chi connectivity index (χ1n) is 7.56. The van der Waals surface area contributed by atoms with Crippen molar-refractivity contribution in [3.05, 3.63) is 11.8 Å². The zero-order valence-corrected chi connectivity index (χ0v) is 12.6. The standard InChI is InChI=1S/C16H29NO/c1-11(2)13-10-14(18-5)16(15(13)12(3)4)17-8-6-7-9-17/h10-13,15-16H,6-9H2,1-5H3/t13-,15-,16-/m1/s1. The van der Waals surface area contributed by atoms with Gasteiger partial charge in [-0.15, -0.1) is 0 Å². The molecule has 0 bridgehead atoms. The summed E-state index contributed by atoms with van der Waals surface area (Å²) in [5.41, 5.74) is 0. The molecular weight excluding hydrogens is 222 g/mol. The van der Waals surface area contributed by atoms with Gasteiger partial charge in [-0.05, 0) is 55.7 Å². The highest BCUT2D eigenvalue weighted by atomic mass is 16.5. The zero-order valence-electron chi connectivity index (χ0n) is 12.6. The van der Waals surface area contributed by atoms with Crippen molar-refractivity contribution >= 4 is 0 Å². The molecule has 0 amide bonds. The van der Waals surface area contributed by atoms with E-state index in [9.17, 15) is 0 Å². The molecule has 3 atom stereocenters. The van der Waals surface area contributed by atoms with Crippen LogP contribution < -0.4 is 0 Å². The molecule has 0 aromatic carbocycles. The van der Waals surface area contributed by atoms with Gasteiger partial charge in [-0.25, -0.2) is 0 Å². The molecule has 2 rings (SSSR count). The molecular formula is C16H29NO. The van der Waals surface area contributed by atoms with E-state index >= 15 is 0 Å². The van der Waals surface area contributed by atoms with Gasteiger partial charge in [-0.3, -0.25) is 4.90 Å². The summed E-state index contributed by atoms with van der Waals surface area (Å²) in [5, 5.41) is 0. The third-order valence-corrected chi connectivity index (χ3v) is 4.77. The van der Waals surface area contributed by atoms with Crippen molar-refractivity contribution < 1.29 is 4.74 Å². The fourth-order valence-electron chi connectivity index (χ4n) is 3.88. The van der Waals surface area contributed by atoms with Crippen LogP contribution >= 0.6 is 0 Å². The topological polar surface area (TPSA) is 12.5 Å². The Labute approximate surface area is 112 Å². The van der Waals surface area contributed by atoms with Crippen molar-refractivity contribution in [1.29, 1.82) is 0 Å². The number of methoxy groups -OCH3 is 1. The third kappa shape index (κ3) is 2.45. The Hall–Kier alpha value is -0.500. The molecule has 18 heavy (non-hydrogen) atoms. The molecule has 2 aliphatic rings. The molecule has 1 fully saturated rings. The molecule has 2 heteroatoms. The first-order valence-corrected chi connectivity index (χ1v) is 7.56. The SMILES string of the molecule is COC1=C[C@H](C(C)C)[C@@H](C(C)C)[C@@H]1N1CCCC1. The Morgan fingerprint density at radius 2 is 1.72 bits per heavy atom. The van der Waals surface area contributed by atoms with Crippen LogP contribution in [0, 0.1) is 23.7 Å². The van der Waals surface area contributed by atoms with Gasteiger partial charge in [0.05, 0.1) is 13.2 Å². The molecule has 0 aromatic heterocycles. The van der Waals surface area contributed by atoms with E-state index in [1.807, 2.05) is 7.11 Å². The van der Waals surface area contributed by atoms with E-state index in [0.29, 0.717) is 23.8 Å². The second kappa shape index (κ2) is 5.64. The smallest absolute Gasteiger partial charge is 0.109 e. The molecule has 0 spiro atoms. The van der Waals surface area contributed by atoms with E-state index < -0.39 is 0 Å². The molecule has 0 unspecified atom stereocenters. The second-order valence-corrected chi connectivity index (χ2v) is 6.60. The highest BCUT2D eigenvalue weighted by molar-refractivity contribution is 5.19. The summed E-state index contributed by atoms with van der Waals surface area (Å²) in [6.07, 6.45) is 5.12. The summed E-state index contributed by atoms with van der Waals surface area (Å²) in [4.78, 5) is 2.66. The summed E-state index contributed by atoms with van der Waals surface area (Å²) in [7, 11) is 1.84. The number of ether oxygens (including phenoxy) is 1. The van der Waals surface area contributed by atoms with Crippen LogP contribution in [0.4, 0.5) is 0 Å². The van der Waals surface area contributed by atoms with Crippen molar-refractivity contribution in [3.8, 4) is 0 Å². The number of nitrogens with zero attached hydrogens (tertiary/aromatic N) is 1. The maximum atomic E-state index is 5.72. The first-order chi connectivity index (χ1) is 8.56. The zero-order chi connectivity index (χ0) is 13.3. The average Bonchev–Trinajstić information content (AvgIpc) is 2.94. The lowest BCUT2D eigenvalue weighted by Crippen LogP contribution is -2.42. The fraction of sp³-hybridized carbons (Fsp3) is 0.875. The lowest BCUT2D eigenvalue weighted by atomic mass is 9.77. The number of hydrogen-bond acceptors (Lipinski definition) is 2. The lowest BCUT2D eigenvalue weighted by molar-refractivity contribution is 0.100. The number of rotatable bonds is 4. The highest BCUT2D eigenvalue weighted by Crippen LogP contribution is 2.43. The molecule has 0 aromatic rings. The minimum atomic E-state index is 0.532. The van der Waals surface area contributed by atoms with E-state index in [1.54, 1.807) is 0 Å². The Morgan fingerprint density at radius 3 is 2.17 bits per heavy atom. The van der Waals surface area contributed by atoms with Gasteiger partial charge in [0, 0.05) is 0 Å². The summed E-state index contributed by atoms with van der Waals surface area (Å²) in [5.74, 6) is 4.04. The minimum Gasteiger partial charge on any atom is -0.500 e. The Morgan fingerprint density at radius 1 is 1.11 bits per heavy atom. The average molecular weight is 251 g/mol. The Kier molecular flexibility index (Phi) is 4.37. The minimum absolute atomic E-state index is 0.532. The predicted octanol–water partition coefficient (Wildman–Crippen LogP) is 3.54. The van der Waals surface area contributed by atoms with Crippen molar-refractivity contribution in [2.45, 2.75) is 46.6 Å². The lowest BCUT2D eigenvalue weighted by Gasteiger charge is -2.36. The van der Waals surface area contributed by atoms with Crippen molar-refractivity contribution in [2.24, 2.45) is 23.7 Å². The van der Waals surface area contributed by atoms with Crippen molar-refractivity contribution in [1.82, 2.24) is 4.90 Å². The third-order valence-electron chi connectivity index (χ3n) is 4.77. The summed E-state index contributed by atoms with van der Waals surface area (Å²) in [6, 6.07) is 0.532. The summed E-state index contributed by atoms with van der Waals surface area (Å²) >= 11 is 0. The number of allylic oxidation sites excluding steroid dienone is 1. The highest BCUT2D eigenvalue weighted by Gasteiger charge is 2.44. The second-order valence-electron chi connectivity index (χ2n) is 6.60. The molecule has 0 saturated carbocycles. The largest absolute Gasteiger partial charge is 0.500 e. The molecule has 1 aliphatic heterocycles. The molecule has 0 radical (unpaired) electrons. The van der Waals surface area contributed by atoms with Crippen LogP contribution in [0.3, 0.4) is 0 Å². The van der Waals surface area contributed by atoms with E-state index in [0.717, 1.165) is 5.92 Å². The predicted molar refractivity (Wildman–Crippen MR) is 76.3 cm³/mol. The van der Waals surface area contributed by atoms with Crippen LogP contribution in [0.5, 0.6) is 0 Å². The van der Waals surface area contributed by atoms with Gasteiger partial charge in [-0.1, -0.05) is 27.7 Å². The van der Waals surface area contributed by atoms with Crippen molar-refractivity contribution in [3.63, 3.8) is 0 Å². The van der Waals surface area contributed by atoms with E-state index in [4.69, 9.17) is 4.74 Å². The number of likely N-dealkylation sites (tertiary alicyclic amines) is 1. The maximum Gasteiger partial charge on any atom is 0.109 e. The van der Waals surface area contributed by atoms with Gasteiger partial charge in [0.25, 0.3) is 0 Å². The Balaban J connectivity index is 2.25. The van der Waals surface area contributed by atoms with E-state index in [-0.39, 0.29) is 0 Å². The van der Waals surface area contributed by atoms with E-state index in [2.05, 4.69) is 38.7 Å². The van der Waals surface area contributed by atoms with Gasteiger partial charge >= 0.3 is 0 Å². The number of hydrogen-bond donors (Lipinski definition) is 0. The van der Waals surface area contributed by atoms with Gasteiger partial charge in [-0.2, -0.15) is 0 Å². The van der Waals surface area contributed by atoms with Crippen LogP contribution in [0.2, 0.25) is 0 Å². The quantitative estimate of drug-likeness (QED) is 0.758. The van der Waals surface area contributed by atoms with E-state index in [1.165, 1.54) is 31.7 Å². The molecule has 2 nitrogen and oxygen atoms in total. The summed E-state index contributed by atoms with van der Waals surface area (Å²) in [6.45, 7) is 11.9. The van der Waals surface area contributed by atoms with Gasteiger partial charge in [0.2, 0.25) is 0 Å². The van der Waals surface area contributed by atoms with Gasteiger partial charge in [0.1, 0.15) is 5.76 Å². The normalized spacial score (nSPS) is 33.5. The van der Waals surface area contributed by atoms with Gasteiger partial charge < -0.3 is 4.74 Å². The molecule has 0 N–H and O–H groups in total. The maximum absolute atomic E-state index is 5.72. The van der Waals surface area contributed by atoms with Crippen LogP contribution in [0.1, 0.15) is 40.5 Å². The van der Waals surface area contributed by atoms with Crippen LogP contribution in [-0.4, -0.2) is 31.1 Å². The Bertz CT molecular complexity index is 302. The molecule has 1 saturated heterocycles. The molecule has 1 aliphatic carbocycles. The fourth-order valence-corrected chi connectivity index (χ4v) is 3.88. The molecule has 104 valence electrons. The first kappa shape index (κ1) is 13.9. The summed E-state index contributed by atoms with van der Waals surface area (Å²) < 4.78 is 5.72. The monoisotopic (exact) mass is 251 g/mol. The van der Waals surface area contributed by atoms with Crippen LogP contribution in [-0.2, 0) is 4.74 Å². The molecule has 1 heterocycles.